The first-order valence-corrected chi connectivity index (χ1v) is 8.41. The van der Waals surface area contributed by atoms with Gasteiger partial charge in [-0.05, 0) is 44.0 Å². The van der Waals surface area contributed by atoms with Crippen LogP contribution < -0.4 is 15.4 Å². The highest BCUT2D eigenvalue weighted by molar-refractivity contribution is 5.97. The van der Waals surface area contributed by atoms with Crippen molar-refractivity contribution in [3.63, 3.8) is 0 Å². The number of hydrogen-bond donors (Lipinski definition) is 2. The molecule has 3 rings (SSSR count). The molecule has 2 aromatic rings. The number of hydrogen-bond acceptors (Lipinski definition) is 4. The average molecular weight is 339 g/mol. The van der Waals surface area contributed by atoms with Crippen LogP contribution in [-0.2, 0) is 9.59 Å². The molecular weight excluding hydrogens is 318 g/mol. The van der Waals surface area contributed by atoms with Crippen molar-refractivity contribution < 1.29 is 14.3 Å². The molecule has 1 aromatic carbocycles. The standard InChI is InChI=1S/C19H21N3O3/c1-13(21-19(24)14-4-2-5-14)18(23)22-15-6-3-7-17(12-15)25-16-8-10-20-11-9-16/h3,6-14H,2,4-5H2,1H3,(H,21,24)(H,22,23). The third-order valence-electron chi connectivity index (χ3n) is 4.22. The Morgan fingerprint density at radius 2 is 1.92 bits per heavy atom. The Morgan fingerprint density at radius 1 is 1.16 bits per heavy atom. The van der Waals surface area contributed by atoms with E-state index >= 15 is 0 Å². The van der Waals surface area contributed by atoms with E-state index in [2.05, 4.69) is 15.6 Å². The van der Waals surface area contributed by atoms with Crippen molar-refractivity contribution in [1.82, 2.24) is 10.3 Å². The molecule has 1 fully saturated rings. The fraction of sp³-hybridized carbons (Fsp3) is 0.316. The number of nitrogens with one attached hydrogen (secondary N) is 2. The molecule has 0 radical (unpaired) electrons. The minimum atomic E-state index is -0.585. The molecule has 130 valence electrons. The highest BCUT2D eigenvalue weighted by atomic mass is 16.5. The largest absolute Gasteiger partial charge is 0.457 e. The number of amides is 2. The van der Waals surface area contributed by atoms with Gasteiger partial charge >= 0.3 is 0 Å². The molecule has 1 aliphatic rings. The molecule has 0 aliphatic heterocycles. The summed E-state index contributed by atoms with van der Waals surface area (Å²) in [6.45, 7) is 1.68. The van der Waals surface area contributed by atoms with Crippen molar-refractivity contribution in [2.45, 2.75) is 32.2 Å². The SMILES string of the molecule is CC(NC(=O)C1CCC1)C(=O)Nc1cccc(Oc2ccncc2)c1. The van der Waals surface area contributed by atoms with Crippen molar-refractivity contribution in [3.05, 3.63) is 48.8 Å². The highest BCUT2D eigenvalue weighted by Crippen LogP contribution is 2.26. The van der Waals surface area contributed by atoms with E-state index < -0.39 is 6.04 Å². The van der Waals surface area contributed by atoms with Crippen molar-refractivity contribution in [1.29, 1.82) is 0 Å². The molecule has 1 heterocycles. The van der Waals surface area contributed by atoms with Gasteiger partial charge in [-0.25, -0.2) is 0 Å². The van der Waals surface area contributed by atoms with Crippen molar-refractivity contribution in [2.75, 3.05) is 5.32 Å². The van der Waals surface area contributed by atoms with E-state index in [0.29, 0.717) is 17.2 Å². The van der Waals surface area contributed by atoms with Crippen LogP contribution in [0.25, 0.3) is 0 Å². The maximum atomic E-state index is 12.3. The van der Waals surface area contributed by atoms with E-state index in [1.807, 2.05) is 0 Å². The van der Waals surface area contributed by atoms with Crippen molar-refractivity contribution >= 4 is 17.5 Å². The van der Waals surface area contributed by atoms with Crippen molar-refractivity contribution in [3.8, 4) is 11.5 Å². The smallest absolute Gasteiger partial charge is 0.246 e. The summed E-state index contributed by atoms with van der Waals surface area (Å²) < 4.78 is 5.72. The summed E-state index contributed by atoms with van der Waals surface area (Å²) >= 11 is 0. The van der Waals surface area contributed by atoms with Gasteiger partial charge in [-0.3, -0.25) is 14.6 Å². The van der Waals surface area contributed by atoms with Crippen LogP contribution >= 0.6 is 0 Å². The van der Waals surface area contributed by atoms with Gasteiger partial charge < -0.3 is 15.4 Å². The molecule has 0 spiro atoms. The number of rotatable bonds is 6. The maximum absolute atomic E-state index is 12.3. The summed E-state index contributed by atoms with van der Waals surface area (Å²) in [4.78, 5) is 28.1. The van der Waals surface area contributed by atoms with E-state index in [-0.39, 0.29) is 17.7 Å². The normalized spacial score (nSPS) is 14.9. The summed E-state index contributed by atoms with van der Waals surface area (Å²) in [5, 5.41) is 5.57. The Kier molecular flexibility index (Phi) is 5.28. The van der Waals surface area contributed by atoms with Gasteiger partial charge in [0.1, 0.15) is 17.5 Å². The Labute approximate surface area is 146 Å². The topological polar surface area (TPSA) is 80.3 Å². The predicted octanol–water partition coefficient (Wildman–Crippen LogP) is 3.12. The number of nitrogens with zero attached hydrogens (tertiary/aromatic N) is 1. The van der Waals surface area contributed by atoms with E-state index in [9.17, 15) is 9.59 Å². The number of aromatic nitrogens is 1. The molecule has 2 amide bonds. The lowest BCUT2D eigenvalue weighted by molar-refractivity contribution is -0.130. The summed E-state index contributed by atoms with van der Waals surface area (Å²) in [5.41, 5.74) is 0.612. The zero-order valence-electron chi connectivity index (χ0n) is 14.1. The third-order valence-corrected chi connectivity index (χ3v) is 4.22. The maximum Gasteiger partial charge on any atom is 0.246 e. The van der Waals surface area contributed by atoms with Gasteiger partial charge in [0, 0.05) is 30.1 Å². The Balaban J connectivity index is 1.57. The Morgan fingerprint density at radius 3 is 2.60 bits per heavy atom. The molecule has 25 heavy (non-hydrogen) atoms. The molecule has 1 unspecified atom stereocenters. The van der Waals surface area contributed by atoms with Crippen LogP contribution in [0.3, 0.4) is 0 Å². The minimum Gasteiger partial charge on any atom is -0.457 e. The fourth-order valence-electron chi connectivity index (χ4n) is 2.50. The molecule has 1 aromatic heterocycles. The summed E-state index contributed by atoms with van der Waals surface area (Å²) in [5.74, 6) is 1.04. The van der Waals surface area contributed by atoms with E-state index in [1.165, 1.54) is 0 Å². The molecule has 1 saturated carbocycles. The molecule has 0 saturated heterocycles. The number of pyridine rings is 1. The van der Waals surface area contributed by atoms with Gasteiger partial charge in [-0.2, -0.15) is 0 Å². The molecule has 2 N–H and O–H groups in total. The van der Waals surface area contributed by atoms with Gasteiger partial charge in [-0.15, -0.1) is 0 Å². The highest BCUT2D eigenvalue weighted by Gasteiger charge is 2.27. The fourth-order valence-corrected chi connectivity index (χ4v) is 2.50. The molecule has 1 atom stereocenters. The van der Waals surface area contributed by atoms with Gasteiger partial charge in [0.05, 0.1) is 0 Å². The second-order valence-electron chi connectivity index (χ2n) is 6.16. The van der Waals surface area contributed by atoms with Gasteiger partial charge in [0.15, 0.2) is 0 Å². The molecule has 6 nitrogen and oxygen atoms in total. The monoisotopic (exact) mass is 339 g/mol. The quantitative estimate of drug-likeness (QED) is 0.847. The van der Waals surface area contributed by atoms with Crippen LogP contribution in [0.2, 0.25) is 0 Å². The predicted molar refractivity (Wildman–Crippen MR) is 94.3 cm³/mol. The lowest BCUT2D eigenvalue weighted by Crippen LogP contribution is -2.45. The first-order chi connectivity index (χ1) is 12.1. The molecule has 1 aliphatic carbocycles. The zero-order valence-corrected chi connectivity index (χ0v) is 14.1. The molecule has 6 heteroatoms. The molecule has 0 bridgehead atoms. The van der Waals surface area contributed by atoms with Crippen LogP contribution in [0.1, 0.15) is 26.2 Å². The van der Waals surface area contributed by atoms with Crippen LogP contribution in [0.15, 0.2) is 48.8 Å². The third kappa shape index (κ3) is 4.56. The van der Waals surface area contributed by atoms with E-state index in [0.717, 1.165) is 19.3 Å². The number of carbonyl (C=O) groups excluding carboxylic acids is 2. The number of carbonyl (C=O) groups is 2. The Hall–Kier alpha value is -2.89. The zero-order chi connectivity index (χ0) is 17.6. The van der Waals surface area contributed by atoms with Crippen LogP contribution in [0.5, 0.6) is 11.5 Å². The Bertz CT molecular complexity index is 745. The first kappa shape index (κ1) is 17.0. The first-order valence-electron chi connectivity index (χ1n) is 8.41. The number of anilines is 1. The lowest BCUT2D eigenvalue weighted by Gasteiger charge is -2.25. The van der Waals surface area contributed by atoms with Gasteiger partial charge in [-0.1, -0.05) is 12.5 Å². The summed E-state index contributed by atoms with van der Waals surface area (Å²) in [7, 11) is 0. The van der Waals surface area contributed by atoms with Gasteiger partial charge in [0.25, 0.3) is 0 Å². The number of benzene rings is 1. The average Bonchev–Trinajstić information content (AvgIpc) is 2.54. The van der Waals surface area contributed by atoms with Crippen LogP contribution in [-0.4, -0.2) is 22.8 Å². The van der Waals surface area contributed by atoms with Crippen molar-refractivity contribution in [2.24, 2.45) is 5.92 Å². The lowest BCUT2D eigenvalue weighted by atomic mass is 9.84. The molecular formula is C19H21N3O3. The van der Waals surface area contributed by atoms with E-state index in [1.54, 1.807) is 55.7 Å². The summed E-state index contributed by atoms with van der Waals surface area (Å²) in [6.07, 6.45) is 6.20. The van der Waals surface area contributed by atoms with Crippen LogP contribution in [0, 0.1) is 5.92 Å². The minimum absolute atomic E-state index is 0.0383. The van der Waals surface area contributed by atoms with Crippen LogP contribution in [0.4, 0.5) is 5.69 Å². The number of ether oxygens (including phenoxy) is 1. The second-order valence-corrected chi connectivity index (χ2v) is 6.16. The summed E-state index contributed by atoms with van der Waals surface area (Å²) in [6, 6.07) is 10.0. The van der Waals surface area contributed by atoms with E-state index in [4.69, 9.17) is 4.74 Å². The second kappa shape index (κ2) is 7.79. The van der Waals surface area contributed by atoms with Gasteiger partial charge in [0.2, 0.25) is 11.8 Å².